The van der Waals surface area contributed by atoms with E-state index in [9.17, 15) is 57.8 Å². The molecule has 0 bridgehead atoms. The van der Waals surface area contributed by atoms with Crippen LogP contribution in [0.25, 0.3) is 0 Å². The fourth-order valence-electron chi connectivity index (χ4n) is 9.05. The van der Waals surface area contributed by atoms with Gasteiger partial charge in [0.05, 0.1) is 147 Å². The van der Waals surface area contributed by atoms with Gasteiger partial charge in [-0.15, -0.1) is 0 Å². The quantitative estimate of drug-likeness (QED) is 0.0115. The number of phenolic OH excluding ortho intramolecular Hbond substituents is 1. The minimum Gasteiger partial charge on any atom is -0.517 e. The number of hydrogen-bond acceptors (Lipinski definition) is 43. The SMILES string of the molecule is C.C.C.C.C.C.C.C.C.C.C.C.C.C.C.C.CC(=O)Oc1ccc(C2CO2)cc1.CCC(OCC(OCC(OCC(OC)C(=O)OC)C(=O)OCC1CO1)C(=O)OCCO)c1ccc(O)cc1.CCC(OCC(OCC(OCC(OC)C(=O)OC)C(=O)OCC1CO1)C(=O)OCCO)c1ccc(OC(C)=O)cc1.COC(=O)C1CO1.N.O=C(OCC1CO1)C1CO1.O=C(OCCO)C1CO1.[B][B]O[B]. The van der Waals surface area contributed by atoms with Crippen molar-refractivity contribution < 1.29 is 201 Å². The third kappa shape index (κ3) is 72.0. The number of aliphatic hydroxyl groups is 3. The molecule has 139 heavy (non-hydrogen) atoms. The Bertz CT molecular complexity index is 3550. The lowest BCUT2D eigenvalue weighted by Crippen LogP contribution is -2.41. The summed E-state index contributed by atoms with van der Waals surface area (Å²) in [7, 11) is 16.1. The van der Waals surface area contributed by atoms with Crippen LogP contribution in [-0.4, -0.2) is 363 Å². The van der Waals surface area contributed by atoms with Crippen LogP contribution >= 0.6 is 0 Å². The van der Waals surface area contributed by atoms with Gasteiger partial charge < -0.3 is 154 Å². The zero-order chi connectivity index (χ0) is 89.7. The molecule has 0 aliphatic carbocycles. The predicted molar refractivity (Wildman–Crippen MR) is 523 cm³/mol. The molecule has 7 saturated heterocycles. The fourth-order valence-corrected chi connectivity index (χ4v) is 9.05. The van der Waals surface area contributed by atoms with Crippen LogP contribution < -0.4 is 15.6 Å². The summed E-state index contributed by atoms with van der Waals surface area (Å²) in [4.78, 5) is 128. The first kappa shape index (κ1) is 161. The Balaban J connectivity index is -0.000000120. The van der Waals surface area contributed by atoms with Crippen LogP contribution in [0.15, 0.2) is 72.8 Å². The number of carbonyl (C=O) groups excluding carboxylic acids is 11. The molecule has 0 spiro atoms. The maximum Gasteiger partial charge on any atom is 0.337 e. The van der Waals surface area contributed by atoms with Gasteiger partial charge >= 0.3 is 65.7 Å². The lowest BCUT2D eigenvalue weighted by Gasteiger charge is -2.24. The number of hydrogen-bond donors (Lipinski definition) is 5. The molecule has 15 unspecified atom stereocenters. The molecule has 15 atom stereocenters. The van der Waals surface area contributed by atoms with E-state index in [-0.39, 0.29) is 263 Å². The predicted octanol–water partition coefficient (Wildman–Crippen LogP) is 9.43. The van der Waals surface area contributed by atoms with Crippen molar-refractivity contribution in [3.8, 4) is 17.2 Å². The molecule has 0 aromatic heterocycles. The van der Waals surface area contributed by atoms with Crippen molar-refractivity contribution in [1.29, 1.82) is 0 Å². The number of esters is 11. The summed E-state index contributed by atoms with van der Waals surface area (Å²) in [6.45, 7) is 7.31. The molecule has 5 radical (unpaired) electrons. The number of rotatable bonds is 49. The van der Waals surface area contributed by atoms with Crippen LogP contribution in [-0.2, 0) is 171 Å². The zero-order valence-corrected chi connectivity index (χ0v) is 69.8. The summed E-state index contributed by atoms with van der Waals surface area (Å²) in [5, 5.41) is 35.8. The standard InChI is InChI=1S/C27H38O14.C25H36O13.C10H10O3.C6H8O4.C5H8O4.C4H6O3.16CH4.B3O.H3N/c1-5-21(18-6-8-19(9-7-18)41-17(2)29)37-15-23(26(31)35-11-10-28)39-16-24(27(32)40-13-20-12-36-20)38-14-22(33-3)25(30)34-4;1-4-19(16-5-7-17(27)8-6-16)35-14-21(24(29)33-10-9-26)37-15-22(25(30)38-12-18-11-34-18)36-13-20(31-2)23(28)32-3;1-7(11)13-9-4-2-8(3-5-9)10-6-12-10;7-6(5-3-9-5)10-2-4-1-8-4;6-1-2-8-5(7)4-3-9-4;1-6-4(5)3-2-7-3;;;;;;;;;;;;;;;;;1-3-4-2;/h6-9,20-24,28H,5,10-16H2,1-4H3;5-8,18-22,26-27H,4,9-15H2,1-3H3;2-5,10H,6H2,1H3;4-5H,1-3H2;4,6H,1-3H2;3H,2H2,1H3;16*1H4;;1H3. The van der Waals surface area contributed by atoms with E-state index in [1.165, 1.54) is 61.5 Å². The van der Waals surface area contributed by atoms with Gasteiger partial charge in [0.1, 0.15) is 81.3 Å². The highest BCUT2D eigenvalue weighted by Crippen LogP contribution is 2.31. The van der Waals surface area contributed by atoms with Gasteiger partial charge in [0.15, 0.2) is 54.9 Å². The molecule has 811 valence electrons. The molecular formula is C93H173B3NO42. The lowest BCUT2D eigenvalue weighted by atomic mass is 9.71. The molecule has 7 aliphatic heterocycles. The van der Waals surface area contributed by atoms with E-state index in [2.05, 4.69) is 48.8 Å². The number of ether oxygens (including phenoxy) is 26. The summed E-state index contributed by atoms with van der Waals surface area (Å²) in [5.41, 5.74) is 2.66. The molecule has 3 aromatic rings. The van der Waals surface area contributed by atoms with Gasteiger partial charge in [-0.2, -0.15) is 0 Å². The first-order chi connectivity index (χ1) is 58.7. The molecule has 46 heteroatoms. The number of phenols is 1. The number of aliphatic hydroxyl groups excluding tert-OH is 3. The Labute approximate surface area is 831 Å². The summed E-state index contributed by atoms with van der Waals surface area (Å²) in [6, 6.07) is 20.5. The van der Waals surface area contributed by atoms with Crippen molar-refractivity contribution in [3.05, 3.63) is 89.5 Å². The fraction of sp³-hybridized carbons (Fsp3) is 0.688. The molecule has 10 rings (SSSR count). The summed E-state index contributed by atoms with van der Waals surface area (Å²) < 4.78 is 135. The van der Waals surface area contributed by atoms with Gasteiger partial charge in [-0.3, -0.25) is 9.59 Å². The van der Waals surface area contributed by atoms with Gasteiger partial charge in [0.25, 0.3) is 8.05 Å². The van der Waals surface area contributed by atoms with Crippen molar-refractivity contribution in [1.82, 2.24) is 6.15 Å². The Kier molecular flexibility index (Phi) is 107. The van der Waals surface area contributed by atoms with E-state index in [0.717, 1.165) is 37.3 Å². The maximum atomic E-state index is 12.7. The lowest BCUT2D eigenvalue weighted by molar-refractivity contribution is -0.180. The van der Waals surface area contributed by atoms with E-state index >= 15 is 0 Å². The number of benzene rings is 3. The summed E-state index contributed by atoms with van der Waals surface area (Å²) >= 11 is 0. The molecule has 0 amide bonds. The molecule has 0 saturated carbocycles. The molecular weight excluding hydrogens is 1840 g/mol. The smallest absolute Gasteiger partial charge is 0.337 e. The van der Waals surface area contributed by atoms with E-state index in [0.29, 0.717) is 64.0 Å². The van der Waals surface area contributed by atoms with Crippen molar-refractivity contribution in [2.24, 2.45) is 0 Å². The van der Waals surface area contributed by atoms with Crippen molar-refractivity contribution in [2.75, 3.05) is 181 Å². The first-order valence-electron chi connectivity index (χ1n) is 38.1. The van der Waals surface area contributed by atoms with E-state index < -0.39 is 117 Å². The molecule has 7 aliphatic rings. The molecule has 43 nitrogen and oxygen atoms in total. The summed E-state index contributed by atoms with van der Waals surface area (Å²) in [6.07, 6.45) is -8.15. The molecule has 3 aromatic carbocycles. The van der Waals surface area contributed by atoms with Gasteiger partial charge in [-0.1, -0.05) is 169 Å². The van der Waals surface area contributed by atoms with Crippen molar-refractivity contribution in [3.63, 3.8) is 0 Å². The van der Waals surface area contributed by atoms with Crippen LogP contribution in [0.3, 0.4) is 0 Å². The van der Waals surface area contributed by atoms with Crippen LogP contribution in [0.2, 0.25) is 0 Å². The van der Waals surface area contributed by atoms with E-state index in [1.807, 2.05) is 26.0 Å². The molecule has 7 heterocycles. The van der Waals surface area contributed by atoms with Crippen molar-refractivity contribution in [2.45, 2.75) is 251 Å². The van der Waals surface area contributed by atoms with Gasteiger partial charge in [0.2, 0.25) is 7.37 Å². The third-order valence-electron chi connectivity index (χ3n) is 16.1. The van der Waals surface area contributed by atoms with Gasteiger partial charge in [0, 0.05) is 28.1 Å². The second-order valence-corrected chi connectivity index (χ2v) is 25.7. The highest BCUT2D eigenvalue weighted by atomic mass is 16.7. The first-order valence-corrected chi connectivity index (χ1v) is 38.1. The molecule has 7 N–H and O–H groups in total. The third-order valence-corrected chi connectivity index (χ3v) is 16.1. The highest BCUT2D eigenvalue weighted by Gasteiger charge is 2.38. The number of carbonyl (C=O) groups is 11. The summed E-state index contributed by atoms with van der Waals surface area (Å²) in [5.74, 6) is -5.23. The average Bonchev–Trinajstić information content (AvgIpc) is 1.72. The molecule has 7 fully saturated rings. The minimum atomic E-state index is -1.35. The zero-order valence-electron chi connectivity index (χ0n) is 69.8. The second-order valence-electron chi connectivity index (χ2n) is 25.7. The van der Waals surface area contributed by atoms with Crippen LogP contribution in [0.5, 0.6) is 17.2 Å². The van der Waals surface area contributed by atoms with E-state index in [1.54, 1.807) is 48.5 Å². The normalized spacial score (nSPS) is 17.3. The van der Waals surface area contributed by atoms with Gasteiger partial charge in [-0.25, -0.2) is 43.2 Å². The number of epoxide rings is 7. The number of methoxy groups -OCH3 is 5. The van der Waals surface area contributed by atoms with Crippen LogP contribution in [0.1, 0.15) is 194 Å². The average molecular weight is 2010 g/mol. The Morgan fingerprint density at radius 1 is 0.367 bits per heavy atom. The Hall–Kier alpha value is -8.98. The van der Waals surface area contributed by atoms with E-state index in [4.69, 9.17) is 110 Å². The topological polar surface area (TPSA) is 576 Å². The minimum absolute atomic E-state index is 0. The Morgan fingerprint density at radius 3 is 0.899 bits per heavy atom. The maximum absolute atomic E-state index is 12.7. The van der Waals surface area contributed by atoms with Crippen LogP contribution in [0, 0.1) is 0 Å². The van der Waals surface area contributed by atoms with Crippen LogP contribution in [0.4, 0.5) is 0 Å². The largest absolute Gasteiger partial charge is 0.517 e. The van der Waals surface area contributed by atoms with Gasteiger partial charge in [-0.05, 0) is 65.9 Å². The monoisotopic (exact) mass is 2010 g/mol. The van der Waals surface area contributed by atoms with Crippen molar-refractivity contribution >= 4 is 88.8 Å². The second kappa shape index (κ2) is 92.7. The Morgan fingerprint density at radius 2 is 0.640 bits per heavy atom. The number of aromatic hydroxyl groups is 1. The highest BCUT2D eigenvalue weighted by molar-refractivity contribution is 6.86.